The maximum absolute atomic E-state index is 14.8. The van der Waals surface area contributed by atoms with Gasteiger partial charge >= 0.3 is 0 Å². The third-order valence-electron chi connectivity index (χ3n) is 12.3. The molecule has 8 heterocycles. The smallest absolute Gasteiger partial charge is 0.274 e. The maximum Gasteiger partial charge on any atom is 0.274 e. The molecule has 2 aliphatic heterocycles. The number of aliphatic imine (C=N–C) groups is 2. The number of rotatable bonds is 8. The molecule has 6 aromatic heterocycles. The lowest BCUT2D eigenvalue weighted by atomic mass is 10.0. The summed E-state index contributed by atoms with van der Waals surface area (Å²) >= 11 is 0. The number of carbonyl (C=O) groups is 4. The molecule has 2 atom stereocenters. The molecule has 378 valence electrons. The van der Waals surface area contributed by atoms with Crippen LogP contribution in [0.4, 0.5) is 24.5 Å². The minimum absolute atomic E-state index is 0.0149. The van der Waals surface area contributed by atoms with Crippen molar-refractivity contribution in [2.24, 2.45) is 9.98 Å². The molecule has 21 heteroatoms. The number of imidazole rings is 2. The van der Waals surface area contributed by atoms with Crippen molar-refractivity contribution in [1.82, 2.24) is 49.8 Å². The summed E-state index contributed by atoms with van der Waals surface area (Å²) in [7, 11) is 0. The summed E-state index contributed by atoms with van der Waals surface area (Å²) < 4.78 is 46.9. The number of benzodiazepines with no additional fused rings is 2. The van der Waals surface area contributed by atoms with Crippen LogP contribution in [0, 0.1) is 31.3 Å². The Hall–Kier alpha value is -10.6. The summed E-state index contributed by atoms with van der Waals surface area (Å²) in [5, 5.41) is 19.5. The molecule has 0 unspecified atom stereocenters. The number of hydrogen-bond acceptors (Lipinski definition) is 12. The highest BCUT2D eigenvalue weighted by molar-refractivity contribution is 6.21. The number of nitrogens with zero attached hydrogens (tertiary/aromatic N) is 10. The Bertz CT molecular complexity index is 4070. The number of anilines is 2. The molecule has 77 heavy (non-hydrogen) atoms. The Kier molecular flexibility index (Phi) is 12.9. The largest absolute Gasteiger partial charge is 0.322 e. The van der Waals surface area contributed by atoms with Gasteiger partial charge in [0, 0.05) is 45.8 Å². The van der Waals surface area contributed by atoms with E-state index < -0.39 is 53.4 Å². The molecule has 18 nitrogen and oxygen atoms in total. The number of amides is 4. The molecule has 4 aromatic carbocycles. The normalized spacial score (nSPS) is 14.8. The first-order chi connectivity index (χ1) is 37.4. The fourth-order valence-electron chi connectivity index (χ4n) is 8.75. The summed E-state index contributed by atoms with van der Waals surface area (Å²) in [6.45, 7) is 3.50. The van der Waals surface area contributed by atoms with Crippen LogP contribution in [0.25, 0.3) is 33.8 Å². The second-order valence-corrected chi connectivity index (χ2v) is 17.4. The fourth-order valence-corrected chi connectivity index (χ4v) is 8.75. The van der Waals surface area contributed by atoms with E-state index in [-0.39, 0.29) is 39.6 Å². The summed E-state index contributed by atoms with van der Waals surface area (Å²) in [6.07, 6.45) is 2.12. The molecule has 0 aliphatic carbocycles. The first kappa shape index (κ1) is 48.7. The van der Waals surface area contributed by atoms with Crippen LogP contribution in [0.2, 0.25) is 0 Å². The molecule has 0 spiro atoms. The first-order valence-electron chi connectivity index (χ1n) is 23.7. The quantitative estimate of drug-likeness (QED) is 0.116. The van der Waals surface area contributed by atoms with E-state index in [9.17, 15) is 32.3 Å². The van der Waals surface area contributed by atoms with Crippen LogP contribution in [0.5, 0.6) is 0 Å². The molecule has 0 saturated heterocycles. The van der Waals surface area contributed by atoms with Crippen molar-refractivity contribution in [2.45, 2.75) is 26.2 Å². The van der Waals surface area contributed by atoms with E-state index in [1.165, 1.54) is 45.7 Å². The van der Waals surface area contributed by atoms with Gasteiger partial charge in [0.15, 0.2) is 34.3 Å². The molecule has 4 N–H and O–H groups in total. The Morgan fingerprint density at radius 2 is 0.974 bits per heavy atom. The fraction of sp³-hybridized carbons (Fsp3) is 0.0714. The Balaban J connectivity index is 0.000000164. The van der Waals surface area contributed by atoms with Crippen LogP contribution in [-0.2, 0) is 9.59 Å². The van der Waals surface area contributed by atoms with Gasteiger partial charge in [-0.25, -0.2) is 42.2 Å². The molecule has 4 amide bonds. The van der Waals surface area contributed by atoms with Crippen molar-refractivity contribution in [1.29, 1.82) is 0 Å². The Morgan fingerprint density at radius 1 is 0.506 bits per heavy atom. The molecule has 0 fully saturated rings. The summed E-state index contributed by atoms with van der Waals surface area (Å²) in [4.78, 5) is 79.7. The predicted molar refractivity (Wildman–Crippen MR) is 279 cm³/mol. The number of fused-ring (bicyclic) bond motifs is 4. The van der Waals surface area contributed by atoms with Crippen LogP contribution < -0.4 is 21.3 Å². The molecular weight excluding hydrogens is 990 g/mol. The van der Waals surface area contributed by atoms with Crippen LogP contribution >= 0.6 is 0 Å². The van der Waals surface area contributed by atoms with Crippen LogP contribution in [-0.4, -0.2) is 86.5 Å². The number of para-hydroxylation sites is 2. The molecular formula is C56H39F3N14O4. The van der Waals surface area contributed by atoms with Crippen LogP contribution in [0.15, 0.2) is 174 Å². The van der Waals surface area contributed by atoms with E-state index in [2.05, 4.69) is 61.4 Å². The van der Waals surface area contributed by atoms with E-state index in [0.717, 1.165) is 23.5 Å². The molecule has 10 aromatic rings. The number of nitrogens with one attached hydrogen (secondary N) is 4. The number of halogens is 3. The second kappa shape index (κ2) is 20.4. The van der Waals surface area contributed by atoms with Crippen molar-refractivity contribution in [3.05, 3.63) is 227 Å². The number of aromatic nitrogens is 8. The summed E-state index contributed by atoms with van der Waals surface area (Å²) in [5.41, 5.74) is 5.77. The average molecular weight is 1030 g/mol. The van der Waals surface area contributed by atoms with Crippen molar-refractivity contribution in [3.63, 3.8) is 0 Å². The molecule has 0 bridgehead atoms. The van der Waals surface area contributed by atoms with Crippen molar-refractivity contribution in [3.8, 4) is 22.5 Å². The summed E-state index contributed by atoms with van der Waals surface area (Å²) in [5.74, 6) is -4.73. The van der Waals surface area contributed by atoms with E-state index in [1.54, 1.807) is 74.5 Å². The number of aryl methyl sites for hydroxylation is 2. The second-order valence-electron chi connectivity index (χ2n) is 17.4. The highest BCUT2D eigenvalue weighted by Gasteiger charge is 2.34. The van der Waals surface area contributed by atoms with E-state index in [1.807, 2.05) is 54.6 Å². The Morgan fingerprint density at radius 3 is 1.49 bits per heavy atom. The van der Waals surface area contributed by atoms with Gasteiger partial charge in [0.25, 0.3) is 23.6 Å². The van der Waals surface area contributed by atoms with Crippen molar-refractivity contribution < 1.29 is 32.3 Å². The molecule has 0 radical (unpaired) electrons. The zero-order valence-electron chi connectivity index (χ0n) is 40.5. The van der Waals surface area contributed by atoms with E-state index in [4.69, 9.17) is 0 Å². The van der Waals surface area contributed by atoms with Gasteiger partial charge in [-0.15, -0.1) is 0 Å². The molecule has 12 rings (SSSR count). The van der Waals surface area contributed by atoms with Gasteiger partial charge in [-0.3, -0.25) is 29.1 Å². The van der Waals surface area contributed by atoms with Crippen molar-refractivity contribution >= 4 is 57.7 Å². The van der Waals surface area contributed by atoms with Gasteiger partial charge in [0.05, 0.1) is 46.6 Å². The Labute approximate surface area is 434 Å². The lowest BCUT2D eigenvalue weighted by Crippen LogP contribution is -2.43. The van der Waals surface area contributed by atoms with Gasteiger partial charge in [-0.2, -0.15) is 10.2 Å². The van der Waals surface area contributed by atoms with Gasteiger partial charge < -0.3 is 21.3 Å². The molecule has 0 saturated carbocycles. The molecule has 2 aliphatic rings. The minimum Gasteiger partial charge on any atom is -0.322 e. The first-order valence-corrected chi connectivity index (χ1v) is 23.7. The zero-order valence-corrected chi connectivity index (χ0v) is 40.5. The van der Waals surface area contributed by atoms with Gasteiger partial charge in [-0.1, -0.05) is 91.0 Å². The number of carbonyl (C=O) groups excluding carboxylic acids is 4. The van der Waals surface area contributed by atoms with Gasteiger partial charge in [-0.05, 0) is 62.4 Å². The monoisotopic (exact) mass is 1030 g/mol. The van der Waals surface area contributed by atoms with Crippen molar-refractivity contribution in [2.75, 3.05) is 10.6 Å². The third kappa shape index (κ3) is 9.50. The predicted octanol–water partition coefficient (Wildman–Crippen LogP) is 7.71. The topological polar surface area (TPSA) is 227 Å². The standard InChI is InChI=1S/C28H19F2N7O2.C28H20FN7O2/c1-15-10-11-21-32-24(17-12-13-31-14-20(17)30)25(37(21)36-15)27(38)35-26-28(39)34-23-18(8-5-9-19(23)29)22(33-26)16-6-3-2-4-7-16;1-16-11-12-22-32-24(18-13-14-30-15-20(18)29)25(36(22)35-16)27(37)34-26-28(38)31-21-10-6-5-9-19(21)23(33-26)17-7-3-2-4-8-17/h2-14,26H,1H3,(H,34,39)(H,35,38);2-15,26H,1H3,(H,31,38)(H,34,37)/t2*26-/m11/s1. The van der Waals surface area contributed by atoms with E-state index >= 15 is 0 Å². The number of benzene rings is 4. The van der Waals surface area contributed by atoms with Crippen LogP contribution in [0.3, 0.4) is 0 Å². The third-order valence-corrected chi connectivity index (χ3v) is 12.3. The highest BCUT2D eigenvalue weighted by atomic mass is 19.1. The SMILES string of the molecule is Cc1ccc2nc(-c3ccncc3F)c(C(=O)N[C@H]3N=C(c4ccccc4)c4cccc(F)c4NC3=O)n2n1.Cc1ccc2nc(-c3ccncc3F)c(C(=O)N[C@H]3N=C(c4ccccc4)c4ccccc4NC3=O)n2n1. The highest BCUT2D eigenvalue weighted by Crippen LogP contribution is 2.31. The average Bonchev–Trinajstić information content (AvgIpc) is 3.94. The summed E-state index contributed by atoms with van der Waals surface area (Å²) in [6, 6.07) is 39.6. The lowest BCUT2D eigenvalue weighted by molar-refractivity contribution is -0.118. The van der Waals surface area contributed by atoms with Gasteiger partial charge in [0.2, 0.25) is 12.3 Å². The zero-order chi connectivity index (χ0) is 53.3. The van der Waals surface area contributed by atoms with E-state index in [0.29, 0.717) is 50.9 Å². The number of hydrogen-bond donors (Lipinski definition) is 4. The maximum atomic E-state index is 14.8. The lowest BCUT2D eigenvalue weighted by Gasteiger charge is -2.14. The minimum atomic E-state index is -1.45. The van der Waals surface area contributed by atoms with Gasteiger partial charge in [0.1, 0.15) is 17.2 Å². The number of pyridine rings is 2. The van der Waals surface area contributed by atoms with Crippen LogP contribution in [0.1, 0.15) is 54.6 Å².